The van der Waals surface area contributed by atoms with Gasteiger partial charge in [-0.2, -0.15) is 0 Å². The highest BCUT2D eigenvalue weighted by Gasteiger charge is 2.45. The molecule has 1 N–H and O–H groups in total. The van der Waals surface area contributed by atoms with Crippen LogP contribution in [-0.4, -0.2) is 58.9 Å². The summed E-state index contributed by atoms with van der Waals surface area (Å²) < 4.78 is 43.9. The van der Waals surface area contributed by atoms with Crippen molar-refractivity contribution in [1.29, 1.82) is 0 Å². The Hall–Kier alpha value is -2.91. The maximum atomic E-state index is 13.9. The zero-order chi connectivity index (χ0) is 25.2. The van der Waals surface area contributed by atoms with Crippen molar-refractivity contribution in [3.63, 3.8) is 0 Å². The predicted octanol–water partition coefficient (Wildman–Crippen LogP) is 4.40. The summed E-state index contributed by atoms with van der Waals surface area (Å²) in [7, 11) is 0. The molecule has 8 nitrogen and oxygen atoms in total. The summed E-state index contributed by atoms with van der Waals surface area (Å²) in [6, 6.07) is 0.556. The van der Waals surface area contributed by atoms with Crippen LogP contribution in [0.4, 0.5) is 13.6 Å². The van der Waals surface area contributed by atoms with E-state index in [-0.39, 0.29) is 42.7 Å². The zero-order valence-corrected chi connectivity index (χ0v) is 19.8. The molecule has 0 bridgehead atoms. The van der Waals surface area contributed by atoms with Gasteiger partial charge in [-0.1, -0.05) is 0 Å². The van der Waals surface area contributed by atoms with Crippen molar-refractivity contribution in [2.45, 2.75) is 71.1 Å². The van der Waals surface area contributed by atoms with Crippen LogP contribution in [-0.2, 0) is 14.3 Å². The average molecular weight is 484 g/mol. The number of amides is 1. The van der Waals surface area contributed by atoms with Crippen LogP contribution >= 0.6 is 0 Å². The number of benzene rings is 1. The number of hydrogen-bond acceptors (Lipinski definition) is 6. The molecule has 1 saturated heterocycles. The van der Waals surface area contributed by atoms with Crippen molar-refractivity contribution >= 4 is 18.0 Å². The number of carbonyl (C=O) groups excluding carboxylic acids is 2. The predicted molar refractivity (Wildman–Crippen MR) is 117 cm³/mol. The smallest absolute Gasteiger partial charge is 0.411 e. The Bertz CT molecular complexity index is 946. The van der Waals surface area contributed by atoms with E-state index >= 15 is 0 Å². The van der Waals surface area contributed by atoms with E-state index in [0.29, 0.717) is 19.3 Å². The molecule has 3 rings (SSSR count). The van der Waals surface area contributed by atoms with Gasteiger partial charge in [-0.3, -0.25) is 4.90 Å². The zero-order valence-electron chi connectivity index (χ0n) is 19.8. The standard InChI is InChI=1S/C24H31F2NO7/c1-5-32-22(30)16-10-17(25)18(26)11-20(16)33-15-7-6-13-12-27(23(31)34-24(2,3)4)19(21(28)29)9-14(13)8-15/h10-11,13-15,19H,5-9,12H2,1-4H3,(H,28,29). The first-order valence-electron chi connectivity index (χ1n) is 11.4. The van der Waals surface area contributed by atoms with E-state index in [0.717, 1.165) is 12.1 Å². The van der Waals surface area contributed by atoms with Gasteiger partial charge in [-0.05, 0) is 71.3 Å². The number of nitrogens with zero attached hydrogens (tertiary/aromatic N) is 1. The molecule has 1 aliphatic heterocycles. The maximum Gasteiger partial charge on any atom is 0.411 e. The van der Waals surface area contributed by atoms with E-state index in [4.69, 9.17) is 14.2 Å². The number of carbonyl (C=O) groups is 3. The highest BCUT2D eigenvalue weighted by molar-refractivity contribution is 5.92. The van der Waals surface area contributed by atoms with Gasteiger partial charge < -0.3 is 19.3 Å². The first-order chi connectivity index (χ1) is 15.9. The van der Waals surface area contributed by atoms with Crippen LogP contribution in [0, 0.1) is 23.5 Å². The fourth-order valence-corrected chi connectivity index (χ4v) is 4.64. The second kappa shape index (κ2) is 10.1. The van der Waals surface area contributed by atoms with Gasteiger partial charge in [-0.25, -0.2) is 23.2 Å². The largest absolute Gasteiger partial charge is 0.489 e. The molecule has 10 heteroatoms. The first kappa shape index (κ1) is 25.7. The Morgan fingerprint density at radius 3 is 2.38 bits per heavy atom. The summed E-state index contributed by atoms with van der Waals surface area (Å²) in [5.74, 6) is -4.38. The minimum atomic E-state index is -1.18. The molecule has 1 aromatic rings. The summed E-state index contributed by atoms with van der Waals surface area (Å²) in [6.07, 6.45) is 0.778. The highest BCUT2D eigenvalue weighted by Crippen LogP contribution is 2.41. The van der Waals surface area contributed by atoms with Crippen molar-refractivity contribution in [3.05, 3.63) is 29.3 Å². The van der Waals surface area contributed by atoms with Crippen molar-refractivity contribution < 1.29 is 42.5 Å². The second-order valence-electron chi connectivity index (χ2n) is 9.78. The van der Waals surface area contributed by atoms with Crippen LogP contribution in [0.15, 0.2) is 12.1 Å². The summed E-state index contributed by atoms with van der Waals surface area (Å²) in [5.41, 5.74) is -0.949. The lowest BCUT2D eigenvalue weighted by atomic mass is 9.72. The van der Waals surface area contributed by atoms with Crippen molar-refractivity contribution in [1.82, 2.24) is 4.90 Å². The van der Waals surface area contributed by atoms with E-state index in [2.05, 4.69) is 0 Å². The molecule has 1 aliphatic carbocycles. The van der Waals surface area contributed by atoms with Crippen molar-refractivity contribution in [2.24, 2.45) is 11.8 Å². The third kappa shape index (κ3) is 5.95. The van der Waals surface area contributed by atoms with Gasteiger partial charge in [0.05, 0.1) is 12.7 Å². The number of ether oxygens (including phenoxy) is 3. The van der Waals surface area contributed by atoms with Gasteiger partial charge in [0, 0.05) is 12.6 Å². The SMILES string of the molecule is CCOC(=O)c1cc(F)c(F)cc1OC1CCC2CN(C(=O)OC(C)(C)C)C(C(=O)O)CC2C1. The highest BCUT2D eigenvalue weighted by atomic mass is 19.2. The number of aliphatic carboxylic acids is 1. The normalized spacial score (nSPS) is 24.7. The second-order valence-corrected chi connectivity index (χ2v) is 9.78. The minimum Gasteiger partial charge on any atom is -0.489 e. The van der Waals surface area contributed by atoms with E-state index in [1.165, 1.54) is 4.90 Å². The third-order valence-electron chi connectivity index (χ3n) is 6.15. The van der Waals surface area contributed by atoms with Crippen molar-refractivity contribution in [2.75, 3.05) is 13.2 Å². The number of likely N-dealkylation sites (tertiary alicyclic amines) is 1. The number of fused-ring (bicyclic) bond motifs is 1. The van der Waals surface area contributed by atoms with Gasteiger partial charge >= 0.3 is 18.0 Å². The maximum absolute atomic E-state index is 13.9. The molecular weight excluding hydrogens is 452 g/mol. The molecule has 2 aliphatic rings. The van der Waals surface area contributed by atoms with Crippen LogP contribution in [0.5, 0.6) is 5.75 Å². The van der Waals surface area contributed by atoms with Gasteiger partial charge in [-0.15, -0.1) is 0 Å². The summed E-state index contributed by atoms with van der Waals surface area (Å²) in [5, 5.41) is 9.74. The Kier molecular flexibility index (Phi) is 7.67. The number of piperidine rings is 1. The van der Waals surface area contributed by atoms with E-state index in [1.54, 1.807) is 27.7 Å². The van der Waals surface area contributed by atoms with Gasteiger partial charge in [0.2, 0.25) is 0 Å². The molecule has 1 aromatic carbocycles. The number of hydrogen-bond donors (Lipinski definition) is 1. The van der Waals surface area contributed by atoms with Crippen LogP contribution in [0.25, 0.3) is 0 Å². The molecule has 2 fully saturated rings. The monoisotopic (exact) mass is 483 g/mol. The fourth-order valence-electron chi connectivity index (χ4n) is 4.64. The summed E-state index contributed by atoms with van der Waals surface area (Å²) in [4.78, 5) is 38.0. The molecule has 34 heavy (non-hydrogen) atoms. The van der Waals surface area contributed by atoms with Gasteiger partial charge in [0.15, 0.2) is 11.6 Å². The number of carboxylic acid groups (broad SMARTS) is 1. The minimum absolute atomic E-state index is 0.0532. The molecule has 0 aromatic heterocycles. The summed E-state index contributed by atoms with van der Waals surface area (Å²) in [6.45, 7) is 7.08. The lowest BCUT2D eigenvalue weighted by Crippen LogP contribution is -2.56. The number of halogens is 2. The topological polar surface area (TPSA) is 102 Å². The molecule has 1 heterocycles. The van der Waals surface area contributed by atoms with Crippen LogP contribution < -0.4 is 4.74 Å². The number of rotatable bonds is 5. The average Bonchev–Trinajstić information content (AvgIpc) is 2.74. The molecule has 0 spiro atoms. The Morgan fingerprint density at radius 2 is 1.76 bits per heavy atom. The molecule has 1 saturated carbocycles. The molecular formula is C24H31F2NO7. The molecule has 1 amide bonds. The molecule has 4 unspecified atom stereocenters. The van der Waals surface area contributed by atoms with E-state index in [1.807, 2.05) is 0 Å². The quantitative estimate of drug-likeness (QED) is 0.620. The van der Waals surface area contributed by atoms with Crippen molar-refractivity contribution in [3.8, 4) is 5.75 Å². The van der Waals surface area contributed by atoms with Crippen LogP contribution in [0.1, 0.15) is 63.7 Å². The fraction of sp³-hybridized carbons (Fsp3) is 0.625. The third-order valence-corrected chi connectivity index (χ3v) is 6.15. The first-order valence-corrected chi connectivity index (χ1v) is 11.4. The Balaban J connectivity index is 1.74. The van der Waals surface area contributed by atoms with E-state index < -0.39 is 47.4 Å². The van der Waals surface area contributed by atoms with E-state index in [9.17, 15) is 28.3 Å². The van der Waals surface area contributed by atoms with Crippen LogP contribution in [0.3, 0.4) is 0 Å². The number of esters is 1. The molecule has 188 valence electrons. The van der Waals surface area contributed by atoms with Gasteiger partial charge in [0.1, 0.15) is 23.0 Å². The number of carboxylic acids is 1. The molecule has 0 radical (unpaired) electrons. The lowest BCUT2D eigenvalue weighted by Gasteiger charge is -2.46. The Labute approximate surface area is 197 Å². The molecule has 4 atom stereocenters. The Morgan fingerprint density at radius 1 is 1.09 bits per heavy atom. The van der Waals surface area contributed by atoms with Gasteiger partial charge in [0.25, 0.3) is 0 Å². The summed E-state index contributed by atoms with van der Waals surface area (Å²) >= 11 is 0. The van der Waals surface area contributed by atoms with Crippen LogP contribution in [0.2, 0.25) is 0 Å². The lowest BCUT2D eigenvalue weighted by molar-refractivity contribution is -0.147.